The number of unbranched alkanes of at least 4 members (excludes halogenated alkanes) is 1. The van der Waals surface area contributed by atoms with Crippen molar-refractivity contribution in [3.05, 3.63) is 71.8 Å². The number of hydrogen-bond donors (Lipinski definition) is 1. The number of esters is 1. The summed E-state index contributed by atoms with van der Waals surface area (Å²) < 4.78 is 5.52. The quantitative estimate of drug-likeness (QED) is 0.241. The fourth-order valence-corrected chi connectivity index (χ4v) is 3.53. The Balaban J connectivity index is 2.05. The van der Waals surface area contributed by atoms with Crippen LogP contribution < -0.4 is 5.32 Å². The second kappa shape index (κ2) is 14.3. The van der Waals surface area contributed by atoms with Gasteiger partial charge in [0.2, 0.25) is 12.3 Å². The van der Waals surface area contributed by atoms with Gasteiger partial charge in [-0.3, -0.25) is 14.4 Å². The molecule has 2 amide bonds. The van der Waals surface area contributed by atoms with Crippen LogP contribution in [0.25, 0.3) is 0 Å². The summed E-state index contributed by atoms with van der Waals surface area (Å²) in [6.45, 7) is 8.12. The molecule has 7 nitrogen and oxygen atoms in total. The van der Waals surface area contributed by atoms with Crippen molar-refractivity contribution in [3.63, 3.8) is 0 Å². The molecule has 0 aliphatic carbocycles. The van der Waals surface area contributed by atoms with Gasteiger partial charge in [-0.15, -0.1) is 0 Å². The van der Waals surface area contributed by atoms with Crippen molar-refractivity contribution in [2.24, 2.45) is 11.3 Å². The predicted octanol–water partition coefficient (Wildman–Crippen LogP) is 4.66. The van der Waals surface area contributed by atoms with Crippen molar-refractivity contribution in [1.29, 1.82) is 0 Å². The molecule has 0 aliphatic heterocycles. The molecule has 2 atom stereocenters. The third-order valence-electron chi connectivity index (χ3n) is 5.65. The molecule has 0 heterocycles. The van der Waals surface area contributed by atoms with E-state index < -0.39 is 23.3 Å². The first-order chi connectivity index (χ1) is 16.7. The molecular formula is C28H38N2O5. The molecule has 0 saturated carbocycles. The standard InChI is InChI=1S/C28H38N2O5/c1-5-6-17-24(18-30(21-31)35-20-23-15-11-8-12-16-23)26(32)29-25(28(2,3)4)27(33)34-19-22-13-9-7-10-14-22/h7-16,21,24-25H,5-6,17-20H2,1-4H3,(H,29,32)/t24-,25-/m1/s1. The summed E-state index contributed by atoms with van der Waals surface area (Å²) in [4.78, 5) is 43.5. The molecule has 0 unspecified atom stereocenters. The van der Waals surface area contributed by atoms with E-state index in [1.165, 1.54) is 0 Å². The molecule has 0 saturated heterocycles. The van der Waals surface area contributed by atoms with Crippen molar-refractivity contribution >= 4 is 18.3 Å². The van der Waals surface area contributed by atoms with Crippen molar-refractivity contribution < 1.29 is 24.0 Å². The van der Waals surface area contributed by atoms with Crippen LogP contribution in [0.5, 0.6) is 0 Å². The fourth-order valence-electron chi connectivity index (χ4n) is 3.53. The van der Waals surface area contributed by atoms with Gasteiger partial charge >= 0.3 is 5.97 Å². The molecule has 1 N–H and O–H groups in total. The minimum Gasteiger partial charge on any atom is -0.459 e. The van der Waals surface area contributed by atoms with Crippen LogP contribution in [0.15, 0.2) is 60.7 Å². The fraction of sp³-hybridized carbons (Fsp3) is 0.464. The van der Waals surface area contributed by atoms with Gasteiger partial charge in [0, 0.05) is 0 Å². The Morgan fingerprint density at radius 3 is 2.06 bits per heavy atom. The number of hydroxylamine groups is 2. The highest BCUT2D eigenvalue weighted by atomic mass is 16.7. The van der Waals surface area contributed by atoms with Crippen molar-refractivity contribution in [2.75, 3.05) is 6.54 Å². The Morgan fingerprint density at radius 2 is 1.54 bits per heavy atom. The zero-order valence-corrected chi connectivity index (χ0v) is 21.2. The molecule has 2 rings (SSSR count). The van der Waals surface area contributed by atoms with Gasteiger partial charge in [-0.25, -0.2) is 9.86 Å². The van der Waals surface area contributed by atoms with E-state index in [-0.39, 0.29) is 25.7 Å². The molecule has 35 heavy (non-hydrogen) atoms. The second-order valence-corrected chi connectivity index (χ2v) is 9.70. The van der Waals surface area contributed by atoms with Crippen LogP contribution >= 0.6 is 0 Å². The third kappa shape index (κ3) is 9.91. The number of benzene rings is 2. The molecule has 2 aromatic rings. The number of ether oxygens (including phenoxy) is 1. The average Bonchev–Trinajstić information content (AvgIpc) is 2.85. The monoisotopic (exact) mass is 482 g/mol. The van der Waals surface area contributed by atoms with Gasteiger partial charge in [-0.1, -0.05) is 101 Å². The number of rotatable bonds is 14. The average molecular weight is 483 g/mol. The van der Waals surface area contributed by atoms with Gasteiger partial charge in [0.15, 0.2) is 0 Å². The zero-order chi connectivity index (χ0) is 25.7. The zero-order valence-electron chi connectivity index (χ0n) is 21.2. The van der Waals surface area contributed by atoms with E-state index in [2.05, 4.69) is 5.32 Å². The number of amides is 2. The smallest absolute Gasteiger partial charge is 0.329 e. The van der Waals surface area contributed by atoms with Crippen LogP contribution in [0.4, 0.5) is 0 Å². The van der Waals surface area contributed by atoms with Gasteiger partial charge in [-0.05, 0) is 23.0 Å². The van der Waals surface area contributed by atoms with Crippen molar-refractivity contribution in [2.45, 2.75) is 66.2 Å². The Bertz CT molecular complexity index is 912. The van der Waals surface area contributed by atoms with E-state index in [0.29, 0.717) is 12.8 Å². The highest BCUT2D eigenvalue weighted by molar-refractivity contribution is 5.86. The van der Waals surface area contributed by atoms with Crippen LogP contribution in [-0.4, -0.2) is 35.9 Å². The van der Waals surface area contributed by atoms with E-state index in [1.54, 1.807) is 0 Å². The SMILES string of the molecule is CCCC[C@H](CN(C=O)OCc1ccccc1)C(=O)N[C@H](C(=O)OCc1ccccc1)C(C)(C)C. The minimum atomic E-state index is -0.835. The summed E-state index contributed by atoms with van der Waals surface area (Å²) in [7, 11) is 0. The molecule has 7 heteroatoms. The molecular weight excluding hydrogens is 444 g/mol. The maximum atomic E-state index is 13.3. The lowest BCUT2D eigenvalue weighted by molar-refractivity contribution is -0.182. The maximum absolute atomic E-state index is 13.3. The Hall–Kier alpha value is -3.19. The molecule has 0 radical (unpaired) electrons. The van der Waals surface area contributed by atoms with Crippen molar-refractivity contribution in [1.82, 2.24) is 10.4 Å². The van der Waals surface area contributed by atoms with Gasteiger partial charge < -0.3 is 10.1 Å². The van der Waals surface area contributed by atoms with Crippen LogP contribution in [0.2, 0.25) is 0 Å². The Kier molecular flexibility index (Phi) is 11.4. The summed E-state index contributed by atoms with van der Waals surface area (Å²) in [5.41, 5.74) is 1.23. The molecule has 0 bridgehead atoms. The lowest BCUT2D eigenvalue weighted by Gasteiger charge is -2.31. The van der Waals surface area contributed by atoms with Crippen LogP contribution in [-0.2, 0) is 37.2 Å². The first-order valence-corrected chi connectivity index (χ1v) is 12.1. The molecule has 190 valence electrons. The number of nitrogens with one attached hydrogen (secondary N) is 1. The largest absolute Gasteiger partial charge is 0.459 e. The topological polar surface area (TPSA) is 84.9 Å². The molecule has 2 aromatic carbocycles. The number of nitrogens with zero attached hydrogens (tertiary/aromatic N) is 1. The Labute approximate surface area is 208 Å². The highest BCUT2D eigenvalue weighted by Gasteiger charge is 2.36. The minimum absolute atomic E-state index is 0.0953. The van der Waals surface area contributed by atoms with Gasteiger partial charge in [0.25, 0.3) is 0 Å². The summed E-state index contributed by atoms with van der Waals surface area (Å²) in [6.07, 6.45) is 2.86. The van der Waals surface area contributed by atoms with E-state index in [0.717, 1.165) is 29.0 Å². The van der Waals surface area contributed by atoms with Gasteiger partial charge in [0.05, 0.1) is 12.5 Å². The highest BCUT2D eigenvalue weighted by Crippen LogP contribution is 2.22. The molecule has 0 spiro atoms. The van der Waals surface area contributed by atoms with E-state index in [1.807, 2.05) is 88.4 Å². The van der Waals surface area contributed by atoms with Crippen molar-refractivity contribution in [3.8, 4) is 0 Å². The summed E-state index contributed by atoms with van der Waals surface area (Å²) in [6, 6.07) is 18.1. The van der Waals surface area contributed by atoms with Crippen LogP contribution in [0.1, 0.15) is 58.1 Å². The normalized spacial score (nSPS) is 12.9. The Morgan fingerprint density at radius 1 is 0.971 bits per heavy atom. The molecule has 0 aromatic heterocycles. The predicted molar refractivity (Wildman–Crippen MR) is 135 cm³/mol. The van der Waals surface area contributed by atoms with Gasteiger partial charge in [-0.2, -0.15) is 0 Å². The first-order valence-electron chi connectivity index (χ1n) is 12.1. The number of hydrogen-bond acceptors (Lipinski definition) is 5. The first kappa shape index (κ1) is 28.1. The lowest BCUT2D eigenvalue weighted by Crippen LogP contribution is -2.52. The van der Waals surface area contributed by atoms with E-state index >= 15 is 0 Å². The van der Waals surface area contributed by atoms with Crippen LogP contribution in [0.3, 0.4) is 0 Å². The maximum Gasteiger partial charge on any atom is 0.329 e. The number of carbonyl (C=O) groups is 3. The van der Waals surface area contributed by atoms with E-state index in [9.17, 15) is 14.4 Å². The second-order valence-electron chi connectivity index (χ2n) is 9.70. The lowest BCUT2D eigenvalue weighted by atomic mass is 9.86. The van der Waals surface area contributed by atoms with E-state index in [4.69, 9.17) is 9.57 Å². The summed E-state index contributed by atoms with van der Waals surface area (Å²) in [5.74, 6) is -1.32. The summed E-state index contributed by atoms with van der Waals surface area (Å²) in [5, 5.41) is 4.05. The summed E-state index contributed by atoms with van der Waals surface area (Å²) >= 11 is 0. The number of carbonyl (C=O) groups excluding carboxylic acids is 3. The third-order valence-corrected chi connectivity index (χ3v) is 5.65. The van der Waals surface area contributed by atoms with Crippen LogP contribution in [0, 0.1) is 11.3 Å². The molecule has 0 fully saturated rings. The molecule has 0 aliphatic rings. The van der Waals surface area contributed by atoms with Gasteiger partial charge in [0.1, 0.15) is 19.3 Å².